The summed E-state index contributed by atoms with van der Waals surface area (Å²) in [5.74, 6) is 0. The molecule has 2 aromatic rings. The van der Waals surface area contributed by atoms with Gasteiger partial charge in [-0.25, -0.2) is 4.68 Å². The Morgan fingerprint density at radius 2 is 2.06 bits per heavy atom. The van der Waals surface area contributed by atoms with Crippen LogP contribution in [0, 0.1) is 0 Å². The van der Waals surface area contributed by atoms with Gasteiger partial charge in [0, 0.05) is 0 Å². The van der Waals surface area contributed by atoms with Crippen LogP contribution in [0.3, 0.4) is 0 Å². The Balaban J connectivity index is 2.48. The van der Waals surface area contributed by atoms with Gasteiger partial charge >= 0.3 is 0 Å². The maximum atomic E-state index is 6.00. The van der Waals surface area contributed by atoms with Crippen molar-refractivity contribution >= 4 is 28.9 Å². The quantitative estimate of drug-likeness (QED) is 0.923. The smallest absolute Gasteiger partial charge is 0.0737 e. The van der Waals surface area contributed by atoms with E-state index in [1.54, 1.807) is 23.0 Å². The van der Waals surface area contributed by atoms with E-state index < -0.39 is 0 Å². The molecule has 1 aromatic carbocycles. The number of anilines is 1. The summed E-state index contributed by atoms with van der Waals surface area (Å²) in [6.45, 7) is 2.10. The van der Waals surface area contributed by atoms with Crippen molar-refractivity contribution in [1.29, 1.82) is 0 Å². The molecule has 5 heteroatoms. The second-order valence-corrected chi connectivity index (χ2v) is 4.62. The Bertz CT molecular complexity index is 535. The standard InChI is InChI=1S/C12H13Cl2N3/c1-2-3-12-11(15)7-16-17(12)8-4-5-9(13)10(14)6-8/h4-7H,2-3,15H2,1H3. The van der Waals surface area contributed by atoms with Crippen LogP contribution < -0.4 is 5.73 Å². The number of halogens is 2. The summed E-state index contributed by atoms with van der Waals surface area (Å²) in [6.07, 6.45) is 3.55. The topological polar surface area (TPSA) is 43.8 Å². The van der Waals surface area contributed by atoms with Gasteiger partial charge in [0.2, 0.25) is 0 Å². The molecular weight excluding hydrogens is 257 g/mol. The van der Waals surface area contributed by atoms with Crippen molar-refractivity contribution in [2.45, 2.75) is 19.8 Å². The van der Waals surface area contributed by atoms with Crippen LogP contribution in [0.5, 0.6) is 0 Å². The molecule has 3 nitrogen and oxygen atoms in total. The van der Waals surface area contributed by atoms with E-state index in [-0.39, 0.29) is 0 Å². The fourth-order valence-corrected chi connectivity index (χ4v) is 2.01. The van der Waals surface area contributed by atoms with Gasteiger partial charge < -0.3 is 5.73 Å². The third-order valence-electron chi connectivity index (χ3n) is 2.54. The van der Waals surface area contributed by atoms with E-state index in [0.29, 0.717) is 15.7 Å². The van der Waals surface area contributed by atoms with Crippen molar-refractivity contribution in [3.8, 4) is 5.69 Å². The number of rotatable bonds is 3. The molecule has 0 aliphatic heterocycles. The number of hydrogen-bond acceptors (Lipinski definition) is 2. The molecule has 0 radical (unpaired) electrons. The summed E-state index contributed by atoms with van der Waals surface area (Å²) in [6, 6.07) is 5.42. The van der Waals surface area contributed by atoms with E-state index in [0.717, 1.165) is 24.2 Å². The highest BCUT2D eigenvalue weighted by atomic mass is 35.5. The van der Waals surface area contributed by atoms with Crippen LogP contribution in [0.15, 0.2) is 24.4 Å². The lowest BCUT2D eigenvalue weighted by molar-refractivity contribution is 0.776. The van der Waals surface area contributed by atoms with Crippen molar-refractivity contribution in [2.24, 2.45) is 0 Å². The van der Waals surface area contributed by atoms with Crippen molar-refractivity contribution in [1.82, 2.24) is 9.78 Å². The fraction of sp³-hybridized carbons (Fsp3) is 0.250. The molecule has 0 aliphatic carbocycles. The maximum absolute atomic E-state index is 6.00. The van der Waals surface area contributed by atoms with E-state index in [4.69, 9.17) is 28.9 Å². The third-order valence-corrected chi connectivity index (χ3v) is 3.27. The molecule has 0 saturated heterocycles. The monoisotopic (exact) mass is 269 g/mol. The lowest BCUT2D eigenvalue weighted by atomic mass is 10.2. The first-order chi connectivity index (χ1) is 8.13. The van der Waals surface area contributed by atoms with Gasteiger partial charge in [-0.05, 0) is 24.6 Å². The lowest BCUT2D eigenvalue weighted by Gasteiger charge is -2.08. The largest absolute Gasteiger partial charge is 0.396 e. The van der Waals surface area contributed by atoms with Crippen LogP contribution in [0.4, 0.5) is 5.69 Å². The molecule has 0 atom stereocenters. The summed E-state index contributed by atoms with van der Waals surface area (Å²) in [4.78, 5) is 0. The van der Waals surface area contributed by atoms with Crippen LogP contribution in [0.1, 0.15) is 19.0 Å². The van der Waals surface area contributed by atoms with Crippen LogP contribution in [-0.2, 0) is 6.42 Å². The summed E-state index contributed by atoms with van der Waals surface area (Å²) >= 11 is 11.9. The Labute approximate surface area is 110 Å². The minimum absolute atomic E-state index is 0.515. The van der Waals surface area contributed by atoms with Gasteiger partial charge in [-0.2, -0.15) is 5.10 Å². The average Bonchev–Trinajstić information content (AvgIpc) is 2.66. The van der Waals surface area contributed by atoms with E-state index in [1.807, 2.05) is 6.07 Å². The Kier molecular flexibility index (Phi) is 3.60. The molecule has 0 fully saturated rings. The van der Waals surface area contributed by atoms with E-state index >= 15 is 0 Å². The molecule has 90 valence electrons. The first kappa shape index (κ1) is 12.3. The first-order valence-corrected chi connectivity index (χ1v) is 6.17. The van der Waals surface area contributed by atoms with E-state index in [2.05, 4.69) is 12.0 Å². The van der Waals surface area contributed by atoms with Crippen molar-refractivity contribution in [3.63, 3.8) is 0 Å². The highest BCUT2D eigenvalue weighted by Gasteiger charge is 2.10. The predicted octanol–water partition coefficient (Wildman–Crippen LogP) is 3.71. The second-order valence-electron chi connectivity index (χ2n) is 3.81. The fourth-order valence-electron chi connectivity index (χ4n) is 1.71. The highest BCUT2D eigenvalue weighted by Crippen LogP contribution is 2.26. The van der Waals surface area contributed by atoms with Crippen molar-refractivity contribution in [2.75, 3.05) is 5.73 Å². The normalized spacial score (nSPS) is 10.8. The molecule has 0 unspecified atom stereocenters. The van der Waals surface area contributed by atoms with Gasteiger partial charge in [0.05, 0.1) is 33.3 Å². The summed E-state index contributed by atoms with van der Waals surface area (Å²) in [7, 11) is 0. The number of nitrogen functional groups attached to an aromatic ring is 1. The SMILES string of the molecule is CCCc1c(N)cnn1-c1ccc(Cl)c(Cl)c1. The number of nitrogens with two attached hydrogens (primary N) is 1. The summed E-state index contributed by atoms with van der Waals surface area (Å²) in [5.41, 5.74) is 8.48. The minimum atomic E-state index is 0.515. The highest BCUT2D eigenvalue weighted by molar-refractivity contribution is 6.42. The van der Waals surface area contributed by atoms with Gasteiger partial charge in [-0.15, -0.1) is 0 Å². The zero-order valence-corrected chi connectivity index (χ0v) is 11.0. The predicted molar refractivity (Wildman–Crippen MR) is 72.0 cm³/mol. The van der Waals surface area contributed by atoms with E-state index in [9.17, 15) is 0 Å². The van der Waals surface area contributed by atoms with Gasteiger partial charge in [-0.1, -0.05) is 36.5 Å². The Hall–Kier alpha value is -1.19. The minimum Gasteiger partial charge on any atom is -0.396 e. The second kappa shape index (κ2) is 4.98. The van der Waals surface area contributed by atoms with Gasteiger partial charge in [0.15, 0.2) is 0 Å². The number of hydrogen-bond donors (Lipinski definition) is 1. The van der Waals surface area contributed by atoms with Crippen LogP contribution in [-0.4, -0.2) is 9.78 Å². The van der Waals surface area contributed by atoms with Crippen molar-refractivity contribution < 1.29 is 0 Å². The third kappa shape index (κ3) is 2.40. The number of nitrogens with zero attached hydrogens (tertiary/aromatic N) is 2. The van der Waals surface area contributed by atoms with Gasteiger partial charge in [0.25, 0.3) is 0 Å². The van der Waals surface area contributed by atoms with Crippen molar-refractivity contribution in [3.05, 3.63) is 40.1 Å². The molecule has 1 heterocycles. The molecule has 2 rings (SSSR count). The molecule has 0 amide bonds. The zero-order valence-electron chi connectivity index (χ0n) is 9.45. The van der Waals surface area contributed by atoms with Crippen LogP contribution in [0.25, 0.3) is 5.69 Å². The van der Waals surface area contributed by atoms with Crippen LogP contribution >= 0.6 is 23.2 Å². The van der Waals surface area contributed by atoms with E-state index in [1.165, 1.54) is 0 Å². The molecule has 0 bridgehead atoms. The van der Waals surface area contributed by atoms with Gasteiger partial charge in [0.1, 0.15) is 0 Å². The lowest BCUT2D eigenvalue weighted by Crippen LogP contribution is -2.03. The Morgan fingerprint density at radius 3 is 2.71 bits per heavy atom. The molecule has 1 aromatic heterocycles. The molecule has 0 spiro atoms. The van der Waals surface area contributed by atoms with Crippen LogP contribution in [0.2, 0.25) is 10.0 Å². The zero-order chi connectivity index (χ0) is 12.4. The molecule has 2 N–H and O–H groups in total. The number of benzene rings is 1. The maximum Gasteiger partial charge on any atom is 0.0737 e. The first-order valence-electron chi connectivity index (χ1n) is 5.41. The molecule has 17 heavy (non-hydrogen) atoms. The molecular formula is C12H13Cl2N3. The molecule has 0 saturated carbocycles. The summed E-state index contributed by atoms with van der Waals surface area (Å²) in [5, 5.41) is 5.31. The molecule has 0 aliphatic rings. The van der Waals surface area contributed by atoms with Gasteiger partial charge in [-0.3, -0.25) is 0 Å². The average molecular weight is 270 g/mol. The number of aromatic nitrogens is 2. The summed E-state index contributed by atoms with van der Waals surface area (Å²) < 4.78 is 1.81. The Morgan fingerprint density at radius 1 is 1.29 bits per heavy atom.